The Morgan fingerprint density at radius 3 is 3.07 bits per heavy atom. The maximum Gasteiger partial charge on any atom is 0.310 e. The number of benzene rings is 1. The molecule has 2 aromatic rings. The van der Waals surface area contributed by atoms with Gasteiger partial charge in [0.05, 0.1) is 13.5 Å². The second-order valence-electron chi connectivity index (χ2n) is 3.27. The van der Waals surface area contributed by atoms with Crippen LogP contribution in [0.4, 0.5) is 0 Å². The SMILES string of the molecule is COC(=O)Cc1c[nH]c2cccc(O)c12. The van der Waals surface area contributed by atoms with E-state index >= 15 is 0 Å². The zero-order valence-electron chi connectivity index (χ0n) is 8.28. The number of phenols is 1. The lowest BCUT2D eigenvalue weighted by Crippen LogP contribution is -2.03. The number of aromatic hydroxyl groups is 1. The van der Waals surface area contributed by atoms with E-state index in [1.165, 1.54) is 7.11 Å². The van der Waals surface area contributed by atoms with Crippen molar-refractivity contribution in [2.24, 2.45) is 0 Å². The molecule has 0 aliphatic rings. The Balaban J connectivity index is 2.48. The van der Waals surface area contributed by atoms with Gasteiger partial charge in [-0.25, -0.2) is 0 Å². The van der Waals surface area contributed by atoms with Crippen LogP contribution in [0.5, 0.6) is 5.75 Å². The van der Waals surface area contributed by atoms with Crippen molar-refractivity contribution >= 4 is 16.9 Å². The van der Waals surface area contributed by atoms with E-state index < -0.39 is 0 Å². The summed E-state index contributed by atoms with van der Waals surface area (Å²) in [5.74, 6) is -0.146. The van der Waals surface area contributed by atoms with Crippen molar-refractivity contribution in [1.82, 2.24) is 4.98 Å². The highest BCUT2D eigenvalue weighted by Gasteiger charge is 2.11. The molecule has 0 unspecified atom stereocenters. The van der Waals surface area contributed by atoms with Gasteiger partial charge in [0.2, 0.25) is 0 Å². The zero-order valence-corrected chi connectivity index (χ0v) is 8.28. The third kappa shape index (κ3) is 1.66. The van der Waals surface area contributed by atoms with E-state index in [1.807, 2.05) is 6.07 Å². The van der Waals surface area contributed by atoms with Gasteiger partial charge < -0.3 is 14.8 Å². The fraction of sp³-hybridized carbons (Fsp3) is 0.182. The van der Waals surface area contributed by atoms with E-state index in [0.29, 0.717) is 5.39 Å². The van der Waals surface area contributed by atoms with Gasteiger partial charge in [0, 0.05) is 17.1 Å². The molecule has 0 radical (unpaired) electrons. The summed E-state index contributed by atoms with van der Waals surface area (Å²) in [5, 5.41) is 10.3. The van der Waals surface area contributed by atoms with Gasteiger partial charge in [0.25, 0.3) is 0 Å². The fourth-order valence-electron chi connectivity index (χ4n) is 1.60. The van der Waals surface area contributed by atoms with Crippen LogP contribution in [0.25, 0.3) is 10.9 Å². The number of carbonyl (C=O) groups is 1. The Bertz CT molecular complexity index is 502. The van der Waals surface area contributed by atoms with Crippen LogP contribution in [-0.2, 0) is 16.0 Å². The summed E-state index contributed by atoms with van der Waals surface area (Å²) in [6, 6.07) is 5.18. The van der Waals surface area contributed by atoms with E-state index in [-0.39, 0.29) is 18.1 Å². The summed E-state index contributed by atoms with van der Waals surface area (Å²) >= 11 is 0. The van der Waals surface area contributed by atoms with Gasteiger partial charge in [0.15, 0.2) is 0 Å². The van der Waals surface area contributed by atoms with Crippen molar-refractivity contribution in [2.75, 3.05) is 7.11 Å². The lowest BCUT2D eigenvalue weighted by Gasteiger charge is -1.99. The molecule has 0 aliphatic carbocycles. The number of hydrogen-bond acceptors (Lipinski definition) is 3. The number of ether oxygens (including phenoxy) is 1. The molecule has 1 aromatic carbocycles. The van der Waals surface area contributed by atoms with E-state index in [4.69, 9.17) is 0 Å². The third-order valence-electron chi connectivity index (χ3n) is 2.33. The molecular formula is C11H11NO3. The smallest absolute Gasteiger partial charge is 0.310 e. The molecule has 0 amide bonds. The molecule has 1 heterocycles. The summed E-state index contributed by atoms with van der Waals surface area (Å²) < 4.78 is 4.58. The minimum Gasteiger partial charge on any atom is -0.507 e. The first-order valence-corrected chi connectivity index (χ1v) is 4.57. The minimum atomic E-state index is -0.320. The number of esters is 1. The number of aromatic amines is 1. The first-order valence-electron chi connectivity index (χ1n) is 4.57. The summed E-state index contributed by atoms with van der Waals surface area (Å²) in [6.07, 6.45) is 1.87. The summed E-state index contributed by atoms with van der Waals surface area (Å²) in [6.45, 7) is 0. The normalized spacial score (nSPS) is 10.5. The minimum absolute atomic E-state index is 0.161. The molecule has 0 aliphatic heterocycles. The number of aromatic nitrogens is 1. The number of nitrogens with one attached hydrogen (secondary N) is 1. The highest BCUT2D eigenvalue weighted by atomic mass is 16.5. The number of hydrogen-bond donors (Lipinski definition) is 2. The van der Waals surface area contributed by atoms with E-state index in [0.717, 1.165) is 11.1 Å². The molecule has 4 heteroatoms. The summed E-state index contributed by atoms with van der Waals surface area (Å²) in [7, 11) is 1.34. The molecule has 15 heavy (non-hydrogen) atoms. The Kier molecular flexibility index (Phi) is 2.33. The van der Waals surface area contributed by atoms with E-state index in [2.05, 4.69) is 9.72 Å². The average Bonchev–Trinajstić information content (AvgIpc) is 2.63. The summed E-state index contributed by atoms with van der Waals surface area (Å²) in [5.41, 5.74) is 1.56. The van der Waals surface area contributed by atoms with E-state index in [1.54, 1.807) is 18.3 Å². The molecular weight excluding hydrogens is 194 g/mol. The number of carbonyl (C=O) groups excluding carboxylic acids is 1. The number of rotatable bonds is 2. The topological polar surface area (TPSA) is 62.3 Å². The largest absolute Gasteiger partial charge is 0.507 e. The fourth-order valence-corrected chi connectivity index (χ4v) is 1.60. The molecule has 0 saturated heterocycles. The molecule has 4 nitrogen and oxygen atoms in total. The van der Waals surface area contributed by atoms with Crippen molar-refractivity contribution in [3.05, 3.63) is 30.0 Å². The number of H-pyrrole nitrogens is 1. The van der Waals surface area contributed by atoms with Gasteiger partial charge in [0.1, 0.15) is 5.75 Å². The number of phenolic OH excluding ortho intramolecular Hbond substituents is 1. The van der Waals surface area contributed by atoms with Crippen molar-refractivity contribution in [1.29, 1.82) is 0 Å². The molecule has 1 aromatic heterocycles. The lowest BCUT2D eigenvalue weighted by molar-refractivity contribution is -0.139. The molecule has 2 N–H and O–H groups in total. The van der Waals surface area contributed by atoms with Gasteiger partial charge in [-0.05, 0) is 17.7 Å². The lowest BCUT2D eigenvalue weighted by atomic mass is 10.1. The van der Waals surface area contributed by atoms with E-state index in [9.17, 15) is 9.90 Å². The quantitative estimate of drug-likeness (QED) is 0.732. The van der Waals surface area contributed by atoms with Crippen molar-refractivity contribution in [2.45, 2.75) is 6.42 Å². The monoisotopic (exact) mass is 205 g/mol. The number of fused-ring (bicyclic) bond motifs is 1. The molecule has 0 bridgehead atoms. The van der Waals surface area contributed by atoms with Crippen LogP contribution in [0.3, 0.4) is 0 Å². The van der Waals surface area contributed by atoms with Crippen molar-refractivity contribution in [3.8, 4) is 5.75 Å². The van der Waals surface area contributed by atoms with Crippen LogP contribution in [0, 0.1) is 0 Å². The highest BCUT2D eigenvalue weighted by Crippen LogP contribution is 2.27. The Labute approximate surface area is 86.5 Å². The maximum atomic E-state index is 11.1. The number of methoxy groups -OCH3 is 1. The third-order valence-corrected chi connectivity index (χ3v) is 2.33. The van der Waals surface area contributed by atoms with Crippen LogP contribution >= 0.6 is 0 Å². The molecule has 78 valence electrons. The van der Waals surface area contributed by atoms with Gasteiger partial charge in [-0.3, -0.25) is 4.79 Å². The first-order chi connectivity index (χ1) is 7.22. The highest BCUT2D eigenvalue weighted by molar-refractivity contribution is 5.91. The predicted molar refractivity (Wildman–Crippen MR) is 55.7 cm³/mol. The molecule has 0 atom stereocenters. The van der Waals surface area contributed by atoms with Gasteiger partial charge >= 0.3 is 5.97 Å². The second-order valence-corrected chi connectivity index (χ2v) is 3.27. The van der Waals surface area contributed by atoms with Crippen molar-refractivity contribution < 1.29 is 14.6 Å². The Morgan fingerprint density at radius 2 is 2.33 bits per heavy atom. The van der Waals surface area contributed by atoms with Crippen LogP contribution in [0.2, 0.25) is 0 Å². The zero-order chi connectivity index (χ0) is 10.8. The average molecular weight is 205 g/mol. The molecule has 0 spiro atoms. The van der Waals surface area contributed by atoms with Crippen LogP contribution in [0.15, 0.2) is 24.4 Å². The van der Waals surface area contributed by atoms with Gasteiger partial charge in [-0.15, -0.1) is 0 Å². The van der Waals surface area contributed by atoms with Gasteiger partial charge in [-0.1, -0.05) is 6.07 Å². The van der Waals surface area contributed by atoms with Gasteiger partial charge in [-0.2, -0.15) is 0 Å². The molecule has 0 saturated carbocycles. The Morgan fingerprint density at radius 1 is 1.53 bits per heavy atom. The molecule has 2 rings (SSSR count). The maximum absolute atomic E-state index is 11.1. The first kappa shape index (κ1) is 9.58. The van der Waals surface area contributed by atoms with Crippen LogP contribution < -0.4 is 0 Å². The Hall–Kier alpha value is -1.97. The second kappa shape index (κ2) is 3.65. The van der Waals surface area contributed by atoms with Crippen molar-refractivity contribution in [3.63, 3.8) is 0 Å². The van der Waals surface area contributed by atoms with Crippen LogP contribution in [-0.4, -0.2) is 23.2 Å². The standard InChI is InChI=1S/C11H11NO3/c1-15-10(14)5-7-6-12-8-3-2-4-9(13)11(7)8/h2-4,6,12-13H,5H2,1H3. The molecule has 0 fully saturated rings. The predicted octanol–water partition coefficient (Wildman–Crippen LogP) is 1.59. The summed E-state index contributed by atoms with van der Waals surface area (Å²) in [4.78, 5) is 14.1. The van der Waals surface area contributed by atoms with Crippen LogP contribution in [0.1, 0.15) is 5.56 Å².